The van der Waals surface area contributed by atoms with E-state index in [1.54, 1.807) is 19.9 Å². The second-order valence-electron chi connectivity index (χ2n) is 3.69. The average Bonchev–Trinajstić information content (AvgIpc) is 2.13. The van der Waals surface area contributed by atoms with Crippen molar-refractivity contribution in [2.75, 3.05) is 0 Å². The zero-order valence-corrected chi connectivity index (χ0v) is 9.75. The van der Waals surface area contributed by atoms with Crippen molar-refractivity contribution in [3.63, 3.8) is 0 Å². The van der Waals surface area contributed by atoms with Gasteiger partial charge in [0.1, 0.15) is 11.5 Å². The second kappa shape index (κ2) is 4.35. The maximum atomic E-state index is 11.4. The van der Waals surface area contributed by atoms with Crippen molar-refractivity contribution in [3.8, 4) is 11.5 Å². The number of rotatable bonds is 2. The number of carbonyl (C=O) groups is 2. The molecular weight excluding hydrogens is 208 g/mol. The Kier molecular flexibility index (Phi) is 3.32. The molecule has 1 N–H and O–H groups in total. The first-order valence-corrected chi connectivity index (χ1v) is 4.87. The molecule has 4 heteroatoms. The Balaban J connectivity index is 3.44. The van der Waals surface area contributed by atoms with Crippen LogP contribution in [-0.2, 0) is 4.79 Å². The Morgan fingerprint density at radius 1 is 1.25 bits per heavy atom. The molecule has 1 aromatic carbocycles. The van der Waals surface area contributed by atoms with E-state index in [0.29, 0.717) is 16.9 Å². The predicted octanol–water partition coefficient (Wildman–Crippen LogP) is 2.14. The Hall–Kier alpha value is -1.84. The van der Waals surface area contributed by atoms with Crippen LogP contribution in [0.3, 0.4) is 0 Å². The number of phenolic OH excluding ortho intramolecular Hbond substituents is 1. The molecule has 0 atom stereocenters. The molecule has 0 spiro atoms. The highest BCUT2D eigenvalue weighted by molar-refractivity contribution is 5.99. The smallest absolute Gasteiger partial charge is 0.308 e. The summed E-state index contributed by atoms with van der Waals surface area (Å²) in [6.45, 7) is 5.93. The highest BCUT2D eigenvalue weighted by atomic mass is 16.5. The van der Waals surface area contributed by atoms with Gasteiger partial charge in [0.05, 0.1) is 5.56 Å². The number of esters is 1. The minimum atomic E-state index is -0.456. The molecule has 0 aliphatic rings. The fourth-order valence-corrected chi connectivity index (χ4v) is 1.56. The highest BCUT2D eigenvalue weighted by Gasteiger charge is 2.17. The summed E-state index contributed by atoms with van der Waals surface area (Å²) in [6.07, 6.45) is 0. The number of ketones is 1. The van der Waals surface area contributed by atoms with Crippen LogP contribution in [0.15, 0.2) is 6.07 Å². The van der Waals surface area contributed by atoms with Gasteiger partial charge < -0.3 is 9.84 Å². The van der Waals surface area contributed by atoms with Crippen molar-refractivity contribution in [2.45, 2.75) is 27.7 Å². The third kappa shape index (κ3) is 2.21. The van der Waals surface area contributed by atoms with Crippen molar-refractivity contribution in [2.24, 2.45) is 0 Å². The van der Waals surface area contributed by atoms with E-state index in [1.807, 2.05) is 0 Å². The number of ether oxygens (including phenoxy) is 1. The topological polar surface area (TPSA) is 63.6 Å². The van der Waals surface area contributed by atoms with Gasteiger partial charge in [-0.05, 0) is 32.4 Å². The van der Waals surface area contributed by atoms with Gasteiger partial charge in [-0.1, -0.05) is 0 Å². The first-order chi connectivity index (χ1) is 7.34. The van der Waals surface area contributed by atoms with Gasteiger partial charge in [-0.2, -0.15) is 0 Å². The molecule has 0 fully saturated rings. The molecule has 0 aromatic heterocycles. The van der Waals surface area contributed by atoms with E-state index in [2.05, 4.69) is 0 Å². The van der Waals surface area contributed by atoms with Gasteiger partial charge in [0.15, 0.2) is 5.78 Å². The summed E-state index contributed by atoms with van der Waals surface area (Å²) in [5.74, 6) is -0.455. The minimum absolute atomic E-state index is 0.0547. The van der Waals surface area contributed by atoms with Gasteiger partial charge in [-0.25, -0.2) is 0 Å². The van der Waals surface area contributed by atoms with Gasteiger partial charge in [-0.15, -0.1) is 0 Å². The van der Waals surface area contributed by atoms with Crippen molar-refractivity contribution < 1.29 is 19.4 Å². The Bertz CT molecular complexity index is 461. The summed E-state index contributed by atoms with van der Waals surface area (Å²) >= 11 is 0. The van der Waals surface area contributed by atoms with E-state index in [0.717, 1.165) is 0 Å². The molecule has 0 heterocycles. The van der Waals surface area contributed by atoms with Gasteiger partial charge in [0.2, 0.25) is 0 Å². The third-order valence-electron chi connectivity index (χ3n) is 2.31. The maximum absolute atomic E-state index is 11.4. The molecule has 0 radical (unpaired) electrons. The number of carbonyl (C=O) groups excluding carboxylic acids is 2. The molecule has 16 heavy (non-hydrogen) atoms. The molecule has 4 nitrogen and oxygen atoms in total. The number of benzene rings is 1. The Labute approximate surface area is 93.9 Å². The monoisotopic (exact) mass is 222 g/mol. The zero-order chi connectivity index (χ0) is 12.5. The van der Waals surface area contributed by atoms with Crippen LogP contribution in [0.1, 0.15) is 35.3 Å². The van der Waals surface area contributed by atoms with Crippen molar-refractivity contribution in [1.29, 1.82) is 0 Å². The second-order valence-corrected chi connectivity index (χ2v) is 3.69. The van der Waals surface area contributed by atoms with Gasteiger partial charge >= 0.3 is 5.97 Å². The number of phenols is 1. The summed E-state index contributed by atoms with van der Waals surface area (Å²) in [4.78, 5) is 22.2. The molecule has 0 saturated heterocycles. The summed E-state index contributed by atoms with van der Waals surface area (Å²) in [5, 5.41) is 9.75. The van der Waals surface area contributed by atoms with Crippen LogP contribution in [0.4, 0.5) is 0 Å². The van der Waals surface area contributed by atoms with Crippen LogP contribution in [0.25, 0.3) is 0 Å². The van der Waals surface area contributed by atoms with Crippen LogP contribution in [0.5, 0.6) is 11.5 Å². The van der Waals surface area contributed by atoms with E-state index >= 15 is 0 Å². The lowest BCUT2D eigenvalue weighted by Crippen LogP contribution is -2.07. The number of aryl methyl sites for hydroxylation is 1. The number of aromatic hydroxyl groups is 1. The predicted molar refractivity (Wildman–Crippen MR) is 58.9 cm³/mol. The Morgan fingerprint density at radius 3 is 2.25 bits per heavy atom. The van der Waals surface area contributed by atoms with E-state index in [-0.39, 0.29) is 17.1 Å². The van der Waals surface area contributed by atoms with E-state index in [1.165, 1.54) is 13.8 Å². The summed E-state index contributed by atoms with van der Waals surface area (Å²) < 4.78 is 4.97. The lowest BCUT2D eigenvalue weighted by Gasteiger charge is -2.12. The van der Waals surface area contributed by atoms with Crippen LogP contribution in [0, 0.1) is 13.8 Å². The summed E-state index contributed by atoms with van der Waals surface area (Å²) in [5.41, 5.74) is 1.19. The van der Waals surface area contributed by atoms with Crippen LogP contribution < -0.4 is 4.74 Å². The fourth-order valence-electron chi connectivity index (χ4n) is 1.56. The van der Waals surface area contributed by atoms with E-state index in [4.69, 9.17) is 4.74 Å². The van der Waals surface area contributed by atoms with Gasteiger partial charge in [-0.3, -0.25) is 9.59 Å². The highest BCUT2D eigenvalue weighted by Crippen LogP contribution is 2.33. The number of hydrogen-bond donors (Lipinski definition) is 1. The summed E-state index contributed by atoms with van der Waals surface area (Å²) in [7, 11) is 0. The fraction of sp³-hybridized carbons (Fsp3) is 0.333. The first-order valence-electron chi connectivity index (χ1n) is 4.87. The van der Waals surface area contributed by atoms with Gasteiger partial charge in [0, 0.05) is 12.5 Å². The van der Waals surface area contributed by atoms with Gasteiger partial charge in [0.25, 0.3) is 0 Å². The molecule has 0 aliphatic heterocycles. The molecule has 0 bridgehead atoms. The van der Waals surface area contributed by atoms with Crippen LogP contribution in [-0.4, -0.2) is 16.9 Å². The normalized spacial score (nSPS) is 10.0. The molecule has 1 aromatic rings. The summed E-state index contributed by atoms with van der Waals surface area (Å²) in [6, 6.07) is 1.54. The third-order valence-corrected chi connectivity index (χ3v) is 2.31. The molecule has 1 rings (SSSR count). The lowest BCUT2D eigenvalue weighted by atomic mass is 10.00. The maximum Gasteiger partial charge on any atom is 0.308 e. The number of Topliss-reactive ketones (excluding diaryl/α,β-unsaturated/α-hetero) is 1. The first kappa shape index (κ1) is 12.2. The molecule has 0 saturated carbocycles. The van der Waals surface area contributed by atoms with E-state index in [9.17, 15) is 14.7 Å². The van der Waals surface area contributed by atoms with E-state index < -0.39 is 5.97 Å². The van der Waals surface area contributed by atoms with Crippen molar-refractivity contribution in [3.05, 3.63) is 22.8 Å². The number of hydrogen-bond acceptors (Lipinski definition) is 4. The van der Waals surface area contributed by atoms with Crippen molar-refractivity contribution in [1.82, 2.24) is 0 Å². The quantitative estimate of drug-likeness (QED) is 0.473. The Morgan fingerprint density at radius 2 is 1.81 bits per heavy atom. The van der Waals surface area contributed by atoms with Crippen LogP contribution in [0.2, 0.25) is 0 Å². The molecular formula is C12H14O4. The molecule has 0 amide bonds. The van der Waals surface area contributed by atoms with Crippen LogP contribution >= 0.6 is 0 Å². The largest absolute Gasteiger partial charge is 0.507 e. The molecule has 86 valence electrons. The minimum Gasteiger partial charge on any atom is -0.507 e. The lowest BCUT2D eigenvalue weighted by molar-refractivity contribution is -0.131. The molecule has 0 unspecified atom stereocenters. The van der Waals surface area contributed by atoms with Crippen molar-refractivity contribution >= 4 is 11.8 Å². The standard InChI is InChI=1S/C12H14O4/c1-6-5-10(16-9(4)14)7(2)11(8(3)13)12(6)15/h5,15H,1-4H3. The average molecular weight is 222 g/mol. The molecule has 0 aliphatic carbocycles. The zero-order valence-electron chi connectivity index (χ0n) is 9.75. The SMILES string of the molecule is CC(=O)Oc1cc(C)c(O)c(C(C)=O)c1C.